The van der Waals surface area contributed by atoms with Crippen molar-refractivity contribution in [2.24, 2.45) is 5.73 Å². The van der Waals surface area contributed by atoms with E-state index in [4.69, 9.17) is 5.73 Å². The number of hydrogen-bond acceptors (Lipinski definition) is 3. The van der Waals surface area contributed by atoms with Crippen LogP contribution in [-0.2, 0) is 4.79 Å². The number of primary amides is 1. The molecule has 0 aliphatic carbocycles. The predicted octanol–water partition coefficient (Wildman–Crippen LogP) is 0.0766. The van der Waals surface area contributed by atoms with Crippen LogP contribution >= 0.6 is 0 Å². The summed E-state index contributed by atoms with van der Waals surface area (Å²) in [5, 5.41) is 3.54. The number of hydrogen-bond donors (Lipinski definition) is 2. The Labute approximate surface area is 91.2 Å². The van der Waals surface area contributed by atoms with E-state index in [-0.39, 0.29) is 11.9 Å². The molecule has 0 aromatic heterocycles. The van der Waals surface area contributed by atoms with Crippen LogP contribution in [-0.4, -0.2) is 42.0 Å². The number of amides is 1. The Morgan fingerprint density at radius 2 is 2.33 bits per heavy atom. The lowest BCUT2D eigenvalue weighted by atomic mass is 10.0. The predicted molar refractivity (Wildman–Crippen MR) is 59.4 cm³/mol. The minimum absolute atomic E-state index is 0.212. The van der Waals surface area contributed by atoms with Gasteiger partial charge in [0.25, 0.3) is 0 Å². The maximum atomic E-state index is 10.8. The largest absolute Gasteiger partial charge is 0.370 e. The summed E-state index contributed by atoms with van der Waals surface area (Å²) in [6.07, 6.45) is 4.30. The van der Waals surface area contributed by atoms with Crippen molar-refractivity contribution in [2.75, 3.05) is 13.1 Å². The van der Waals surface area contributed by atoms with Crippen molar-refractivity contribution in [1.82, 2.24) is 10.2 Å². The van der Waals surface area contributed by atoms with E-state index in [0.717, 1.165) is 0 Å². The van der Waals surface area contributed by atoms with Crippen molar-refractivity contribution in [3.05, 3.63) is 0 Å². The van der Waals surface area contributed by atoms with Crippen molar-refractivity contribution in [3.8, 4) is 0 Å². The molecule has 1 amide bonds. The van der Waals surface area contributed by atoms with Crippen LogP contribution in [0.3, 0.4) is 0 Å². The summed E-state index contributed by atoms with van der Waals surface area (Å²) in [6, 6.07) is 1.50. The summed E-state index contributed by atoms with van der Waals surface area (Å²) >= 11 is 0. The molecule has 3 unspecified atom stereocenters. The van der Waals surface area contributed by atoms with Gasteiger partial charge in [0.05, 0.1) is 0 Å². The van der Waals surface area contributed by atoms with Crippen LogP contribution in [0.25, 0.3) is 0 Å². The van der Waals surface area contributed by atoms with Gasteiger partial charge in [-0.2, -0.15) is 0 Å². The summed E-state index contributed by atoms with van der Waals surface area (Å²) in [6.45, 7) is 4.51. The molecule has 15 heavy (non-hydrogen) atoms. The highest BCUT2D eigenvalue weighted by Crippen LogP contribution is 2.28. The van der Waals surface area contributed by atoms with Crippen LogP contribution < -0.4 is 11.1 Å². The molecule has 2 aliphatic rings. The number of rotatable bonds is 4. The molecule has 4 heteroatoms. The molecule has 4 nitrogen and oxygen atoms in total. The van der Waals surface area contributed by atoms with E-state index in [9.17, 15) is 4.79 Å². The summed E-state index contributed by atoms with van der Waals surface area (Å²) in [4.78, 5) is 13.3. The van der Waals surface area contributed by atoms with Crippen LogP contribution in [0.5, 0.6) is 0 Å². The first-order valence-electron chi connectivity index (χ1n) is 5.95. The second kappa shape index (κ2) is 4.49. The lowest BCUT2D eigenvalue weighted by Gasteiger charge is -2.24. The number of nitrogens with one attached hydrogen (secondary N) is 1. The quantitative estimate of drug-likeness (QED) is 0.692. The molecule has 3 atom stereocenters. The highest BCUT2D eigenvalue weighted by molar-refractivity contribution is 5.74. The van der Waals surface area contributed by atoms with E-state index in [0.29, 0.717) is 18.5 Å². The molecule has 3 N–H and O–H groups in total. The van der Waals surface area contributed by atoms with E-state index < -0.39 is 0 Å². The average Bonchev–Trinajstić information content (AvgIpc) is 2.68. The molecule has 2 heterocycles. The number of carbonyl (C=O) groups excluding carboxylic acids is 1. The maximum Gasteiger partial charge on any atom is 0.218 e. The van der Waals surface area contributed by atoms with Crippen LogP contribution in [0.1, 0.15) is 32.6 Å². The standard InChI is InChI=1S/C11H21N3O/c1-8(7-11(12)15)13-9-4-6-14-5-2-3-10(9)14/h8-10,13H,2-7H2,1H3,(H2,12,15). The molecule has 86 valence electrons. The Kier molecular flexibility index (Phi) is 3.26. The Balaban J connectivity index is 1.81. The van der Waals surface area contributed by atoms with Crippen LogP contribution in [0, 0.1) is 0 Å². The monoisotopic (exact) mass is 211 g/mol. The van der Waals surface area contributed by atoms with E-state index in [1.165, 1.54) is 32.4 Å². The summed E-state index contributed by atoms with van der Waals surface area (Å²) in [5.41, 5.74) is 5.19. The number of nitrogens with zero attached hydrogens (tertiary/aromatic N) is 1. The van der Waals surface area contributed by atoms with E-state index in [2.05, 4.69) is 10.2 Å². The molecule has 2 fully saturated rings. The van der Waals surface area contributed by atoms with Gasteiger partial charge in [0.1, 0.15) is 0 Å². The molecule has 2 saturated heterocycles. The van der Waals surface area contributed by atoms with Crippen molar-refractivity contribution in [3.63, 3.8) is 0 Å². The highest BCUT2D eigenvalue weighted by atomic mass is 16.1. The van der Waals surface area contributed by atoms with Crippen LogP contribution in [0.4, 0.5) is 0 Å². The van der Waals surface area contributed by atoms with Gasteiger partial charge < -0.3 is 11.1 Å². The fourth-order valence-corrected chi connectivity index (χ4v) is 3.00. The molecular formula is C11H21N3O. The maximum absolute atomic E-state index is 10.8. The van der Waals surface area contributed by atoms with Gasteiger partial charge >= 0.3 is 0 Å². The minimum atomic E-state index is -0.212. The first-order chi connectivity index (χ1) is 7.16. The van der Waals surface area contributed by atoms with Gasteiger partial charge in [0.15, 0.2) is 0 Å². The van der Waals surface area contributed by atoms with Gasteiger partial charge in [0.2, 0.25) is 5.91 Å². The second-order valence-electron chi connectivity index (χ2n) is 4.88. The zero-order valence-electron chi connectivity index (χ0n) is 9.41. The lowest BCUT2D eigenvalue weighted by Crippen LogP contribution is -2.44. The first kappa shape index (κ1) is 10.9. The van der Waals surface area contributed by atoms with E-state index in [1.54, 1.807) is 0 Å². The molecule has 0 bridgehead atoms. The van der Waals surface area contributed by atoms with Crippen LogP contribution in [0.2, 0.25) is 0 Å². The Hall–Kier alpha value is -0.610. The normalized spacial score (nSPS) is 32.9. The number of fused-ring (bicyclic) bond motifs is 1. The fraction of sp³-hybridized carbons (Fsp3) is 0.909. The van der Waals surface area contributed by atoms with Gasteiger partial charge in [-0.3, -0.25) is 9.69 Å². The van der Waals surface area contributed by atoms with Crippen LogP contribution in [0.15, 0.2) is 0 Å². The molecule has 0 radical (unpaired) electrons. The Morgan fingerprint density at radius 3 is 3.07 bits per heavy atom. The molecule has 0 aromatic carbocycles. The molecule has 0 aromatic rings. The summed E-state index contributed by atoms with van der Waals surface area (Å²) in [7, 11) is 0. The lowest BCUT2D eigenvalue weighted by molar-refractivity contribution is -0.118. The first-order valence-corrected chi connectivity index (χ1v) is 5.95. The van der Waals surface area contributed by atoms with E-state index >= 15 is 0 Å². The smallest absolute Gasteiger partial charge is 0.218 e. The molecule has 0 spiro atoms. The average molecular weight is 211 g/mol. The van der Waals surface area contributed by atoms with Crippen molar-refractivity contribution in [2.45, 2.75) is 50.7 Å². The third kappa shape index (κ3) is 2.49. The SMILES string of the molecule is CC(CC(N)=O)NC1CCN2CCCC12. The minimum Gasteiger partial charge on any atom is -0.370 e. The molecule has 0 saturated carbocycles. The van der Waals surface area contributed by atoms with Crippen molar-refractivity contribution in [1.29, 1.82) is 0 Å². The van der Waals surface area contributed by atoms with Gasteiger partial charge in [-0.25, -0.2) is 0 Å². The Bertz CT molecular complexity index is 244. The van der Waals surface area contributed by atoms with Crippen molar-refractivity contribution < 1.29 is 4.79 Å². The molecule has 2 rings (SSSR count). The third-order valence-electron chi connectivity index (χ3n) is 3.61. The zero-order valence-corrected chi connectivity index (χ0v) is 9.41. The van der Waals surface area contributed by atoms with Gasteiger partial charge in [-0.05, 0) is 32.7 Å². The molecular weight excluding hydrogens is 190 g/mol. The summed E-state index contributed by atoms with van der Waals surface area (Å²) < 4.78 is 0. The highest BCUT2D eigenvalue weighted by Gasteiger charge is 2.37. The van der Waals surface area contributed by atoms with Gasteiger partial charge in [0, 0.05) is 31.1 Å². The topological polar surface area (TPSA) is 58.4 Å². The van der Waals surface area contributed by atoms with Gasteiger partial charge in [-0.1, -0.05) is 0 Å². The second-order valence-corrected chi connectivity index (χ2v) is 4.88. The fourth-order valence-electron chi connectivity index (χ4n) is 3.00. The number of nitrogens with two attached hydrogens (primary N) is 1. The van der Waals surface area contributed by atoms with E-state index in [1.807, 2.05) is 6.92 Å². The Morgan fingerprint density at radius 1 is 1.53 bits per heavy atom. The molecule has 2 aliphatic heterocycles. The van der Waals surface area contributed by atoms with Crippen molar-refractivity contribution >= 4 is 5.91 Å². The van der Waals surface area contributed by atoms with Gasteiger partial charge in [-0.15, -0.1) is 0 Å². The number of carbonyl (C=O) groups is 1. The zero-order chi connectivity index (χ0) is 10.8. The summed E-state index contributed by atoms with van der Waals surface area (Å²) in [5.74, 6) is -0.212. The third-order valence-corrected chi connectivity index (χ3v) is 3.61.